The lowest BCUT2D eigenvalue weighted by Crippen LogP contribution is -2.46. The minimum atomic E-state index is -0.620. The Bertz CT molecular complexity index is 864. The molecule has 3 rings (SSSR count). The van der Waals surface area contributed by atoms with Crippen molar-refractivity contribution in [1.29, 1.82) is 0 Å². The minimum absolute atomic E-state index is 0.0105. The molecule has 2 aliphatic rings. The third-order valence-corrected chi connectivity index (χ3v) is 5.15. The summed E-state index contributed by atoms with van der Waals surface area (Å²) in [5.74, 6) is -0.964. The summed E-state index contributed by atoms with van der Waals surface area (Å²) in [4.78, 5) is 50.2. The highest BCUT2D eigenvalue weighted by molar-refractivity contribution is 8.18. The summed E-state index contributed by atoms with van der Waals surface area (Å²) in [5, 5.41) is 10.6. The van der Waals surface area contributed by atoms with E-state index in [1.165, 1.54) is 25.3 Å². The van der Waals surface area contributed by atoms with Crippen LogP contribution in [0.3, 0.4) is 0 Å². The van der Waals surface area contributed by atoms with E-state index in [-0.39, 0.29) is 28.8 Å². The highest BCUT2D eigenvalue weighted by Gasteiger charge is 2.37. The molecule has 28 heavy (non-hydrogen) atoms. The Morgan fingerprint density at radius 2 is 2.07 bits per heavy atom. The standard InChI is InChI=1S/C17H17N3O7S/c1-26-15-11(3-2-4-12(15)20(24)25)9-13-16(22)19(17(23)28-13)10-14(21)18-5-7-27-8-6-18/h2-4,9H,5-8,10H2,1H3/b13-9-. The number of rotatable bonds is 5. The Labute approximate surface area is 164 Å². The average molecular weight is 407 g/mol. The van der Waals surface area contributed by atoms with Crippen LogP contribution in [0, 0.1) is 10.1 Å². The number of thioether (sulfide) groups is 1. The second-order valence-electron chi connectivity index (χ2n) is 5.92. The van der Waals surface area contributed by atoms with Crippen molar-refractivity contribution in [3.8, 4) is 5.75 Å². The molecule has 148 valence electrons. The van der Waals surface area contributed by atoms with Crippen molar-refractivity contribution in [2.24, 2.45) is 0 Å². The molecule has 10 nitrogen and oxygen atoms in total. The number of para-hydroxylation sites is 1. The molecule has 0 aromatic heterocycles. The van der Waals surface area contributed by atoms with E-state index >= 15 is 0 Å². The van der Waals surface area contributed by atoms with Gasteiger partial charge in [-0.3, -0.25) is 29.4 Å². The highest BCUT2D eigenvalue weighted by Crippen LogP contribution is 2.37. The van der Waals surface area contributed by atoms with Gasteiger partial charge in [0, 0.05) is 24.7 Å². The fourth-order valence-electron chi connectivity index (χ4n) is 2.85. The quantitative estimate of drug-likeness (QED) is 0.409. The molecule has 0 N–H and O–H groups in total. The fourth-order valence-corrected chi connectivity index (χ4v) is 3.68. The SMILES string of the molecule is COc1c(/C=C2\SC(=O)N(CC(=O)N3CCOCC3)C2=O)cccc1[N+](=O)[O-]. The van der Waals surface area contributed by atoms with Gasteiger partial charge in [0.25, 0.3) is 11.1 Å². The molecule has 2 saturated heterocycles. The van der Waals surface area contributed by atoms with Crippen molar-refractivity contribution < 1.29 is 28.8 Å². The number of nitro benzene ring substituents is 1. The molecular formula is C17H17N3O7S. The van der Waals surface area contributed by atoms with Gasteiger partial charge in [0.15, 0.2) is 0 Å². The first-order valence-corrected chi connectivity index (χ1v) is 9.16. The van der Waals surface area contributed by atoms with Crippen molar-refractivity contribution in [2.45, 2.75) is 0 Å². The van der Waals surface area contributed by atoms with Crippen molar-refractivity contribution >= 4 is 40.6 Å². The maximum atomic E-state index is 12.6. The van der Waals surface area contributed by atoms with E-state index in [0.717, 1.165) is 4.90 Å². The molecule has 0 bridgehead atoms. The molecule has 2 aliphatic heterocycles. The minimum Gasteiger partial charge on any atom is -0.490 e. The third-order valence-electron chi connectivity index (χ3n) is 4.24. The van der Waals surface area contributed by atoms with Crippen LogP contribution in [0.1, 0.15) is 5.56 Å². The Morgan fingerprint density at radius 1 is 1.36 bits per heavy atom. The molecule has 0 radical (unpaired) electrons. The van der Waals surface area contributed by atoms with E-state index in [4.69, 9.17) is 9.47 Å². The van der Waals surface area contributed by atoms with E-state index < -0.39 is 16.1 Å². The number of carbonyl (C=O) groups is 3. The normalized spacial score (nSPS) is 18.7. The number of hydrogen-bond acceptors (Lipinski definition) is 8. The molecular weight excluding hydrogens is 390 g/mol. The van der Waals surface area contributed by atoms with Crippen LogP contribution in [-0.2, 0) is 14.3 Å². The fraction of sp³-hybridized carbons (Fsp3) is 0.353. The lowest BCUT2D eigenvalue weighted by molar-refractivity contribution is -0.385. The largest absolute Gasteiger partial charge is 0.490 e. The van der Waals surface area contributed by atoms with Crippen LogP contribution in [0.15, 0.2) is 23.1 Å². The topological polar surface area (TPSA) is 119 Å². The number of carbonyl (C=O) groups excluding carboxylic acids is 3. The Balaban J connectivity index is 1.81. The van der Waals surface area contributed by atoms with Gasteiger partial charge in [-0.25, -0.2) is 0 Å². The molecule has 0 spiro atoms. The zero-order valence-electron chi connectivity index (χ0n) is 15.0. The van der Waals surface area contributed by atoms with Crippen molar-refractivity contribution in [2.75, 3.05) is 40.0 Å². The number of ether oxygens (including phenoxy) is 2. The van der Waals surface area contributed by atoms with Gasteiger partial charge in [0.05, 0.1) is 30.2 Å². The van der Waals surface area contributed by atoms with E-state index in [1.807, 2.05) is 0 Å². The predicted molar refractivity (Wildman–Crippen MR) is 99.7 cm³/mol. The summed E-state index contributed by atoms with van der Waals surface area (Å²) in [6.45, 7) is 1.31. The van der Waals surface area contributed by atoms with Gasteiger partial charge in [0.1, 0.15) is 6.54 Å². The zero-order valence-corrected chi connectivity index (χ0v) is 15.8. The second kappa shape index (κ2) is 8.40. The van der Waals surface area contributed by atoms with Crippen LogP contribution in [0.5, 0.6) is 5.75 Å². The Kier molecular flexibility index (Phi) is 5.95. The number of imide groups is 1. The van der Waals surface area contributed by atoms with Crippen LogP contribution >= 0.6 is 11.8 Å². The molecule has 1 aromatic rings. The Hall–Kier alpha value is -2.92. The number of amides is 3. The summed E-state index contributed by atoms with van der Waals surface area (Å²) in [5.41, 5.74) is 0.0414. The van der Waals surface area contributed by atoms with Gasteiger partial charge in [-0.2, -0.15) is 0 Å². The summed E-state index contributed by atoms with van der Waals surface area (Å²) < 4.78 is 10.3. The molecule has 0 aliphatic carbocycles. The van der Waals surface area contributed by atoms with Crippen molar-refractivity contribution in [3.05, 3.63) is 38.8 Å². The number of morpholine rings is 1. The van der Waals surface area contributed by atoms with E-state index in [0.29, 0.717) is 43.6 Å². The number of methoxy groups -OCH3 is 1. The molecule has 0 atom stereocenters. The molecule has 2 fully saturated rings. The monoisotopic (exact) mass is 407 g/mol. The molecule has 2 heterocycles. The first kappa shape index (κ1) is 19.8. The summed E-state index contributed by atoms with van der Waals surface area (Å²) in [7, 11) is 1.28. The van der Waals surface area contributed by atoms with Crippen LogP contribution < -0.4 is 4.74 Å². The van der Waals surface area contributed by atoms with E-state index in [2.05, 4.69) is 0 Å². The lowest BCUT2D eigenvalue weighted by Gasteiger charge is -2.28. The summed E-state index contributed by atoms with van der Waals surface area (Å²) >= 11 is 0.676. The first-order valence-electron chi connectivity index (χ1n) is 8.34. The van der Waals surface area contributed by atoms with Crippen LogP contribution in [0.2, 0.25) is 0 Å². The highest BCUT2D eigenvalue weighted by atomic mass is 32.2. The number of hydrogen-bond donors (Lipinski definition) is 0. The number of benzene rings is 1. The van der Waals surface area contributed by atoms with E-state index in [9.17, 15) is 24.5 Å². The lowest BCUT2D eigenvalue weighted by atomic mass is 10.1. The summed E-state index contributed by atoms with van der Waals surface area (Å²) in [6, 6.07) is 4.28. The van der Waals surface area contributed by atoms with Crippen molar-refractivity contribution in [3.63, 3.8) is 0 Å². The van der Waals surface area contributed by atoms with Crippen molar-refractivity contribution in [1.82, 2.24) is 9.80 Å². The average Bonchev–Trinajstić information content (AvgIpc) is 2.95. The molecule has 1 aromatic carbocycles. The van der Waals surface area contributed by atoms with Gasteiger partial charge < -0.3 is 14.4 Å². The number of nitro groups is 1. The van der Waals surface area contributed by atoms with Gasteiger partial charge in [0.2, 0.25) is 11.7 Å². The van der Waals surface area contributed by atoms with Gasteiger partial charge in [-0.1, -0.05) is 12.1 Å². The van der Waals surface area contributed by atoms with E-state index in [1.54, 1.807) is 11.0 Å². The van der Waals surface area contributed by atoms with Crippen LogP contribution in [0.4, 0.5) is 10.5 Å². The predicted octanol–water partition coefficient (Wildman–Crippen LogP) is 1.50. The molecule has 0 saturated carbocycles. The van der Waals surface area contributed by atoms with Gasteiger partial charge in [-0.05, 0) is 17.8 Å². The van der Waals surface area contributed by atoms with Gasteiger partial charge >= 0.3 is 5.69 Å². The van der Waals surface area contributed by atoms with Gasteiger partial charge in [-0.15, -0.1) is 0 Å². The maximum absolute atomic E-state index is 12.6. The number of nitrogens with zero attached hydrogens (tertiary/aromatic N) is 3. The Morgan fingerprint density at radius 3 is 2.71 bits per heavy atom. The molecule has 0 unspecified atom stereocenters. The first-order chi connectivity index (χ1) is 13.4. The second-order valence-corrected chi connectivity index (χ2v) is 6.91. The zero-order chi connectivity index (χ0) is 20.3. The molecule has 11 heteroatoms. The summed E-state index contributed by atoms with van der Waals surface area (Å²) in [6.07, 6.45) is 1.36. The maximum Gasteiger partial charge on any atom is 0.311 e. The molecule has 3 amide bonds. The van der Waals surface area contributed by atoms with Crippen LogP contribution in [-0.4, -0.2) is 71.7 Å². The smallest absolute Gasteiger partial charge is 0.311 e. The third kappa shape index (κ3) is 3.99. The van der Waals surface area contributed by atoms with Crippen LogP contribution in [0.25, 0.3) is 6.08 Å².